The van der Waals surface area contributed by atoms with Crippen LogP contribution in [0.25, 0.3) is 0 Å². The zero-order valence-corrected chi connectivity index (χ0v) is 15.5. The number of anilines is 1. The van der Waals surface area contributed by atoms with E-state index in [1.54, 1.807) is 6.92 Å². The molecule has 0 unspecified atom stereocenters. The van der Waals surface area contributed by atoms with Crippen LogP contribution < -0.4 is 10.1 Å². The number of rotatable bonds is 7. The molecule has 138 valence electrons. The molecule has 2 aromatic rings. The number of carbonyl (C=O) groups excluding carboxylic acids is 2. The summed E-state index contributed by atoms with van der Waals surface area (Å²) in [5.74, 6) is -1.12. The van der Waals surface area contributed by atoms with Crippen LogP contribution in [-0.2, 0) is 17.6 Å². The summed E-state index contributed by atoms with van der Waals surface area (Å²) >= 11 is 1.49. The molecule has 0 saturated heterocycles. The first kappa shape index (κ1) is 18.4. The van der Waals surface area contributed by atoms with Crippen molar-refractivity contribution < 1.29 is 23.5 Å². The number of fused-ring (bicyclic) bond motifs is 1. The van der Waals surface area contributed by atoms with Crippen molar-refractivity contribution in [1.29, 1.82) is 0 Å². The first-order valence-electron chi connectivity index (χ1n) is 8.47. The first-order valence-corrected chi connectivity index (χ1v) is 9.29. The van der Waals surface area contributed by atoms with Crippen molar-refractivity contribution in [2.45, 2.75) is 26.2 Å². The molecule has 0 atom stereocenters. The van der Waals surface area contributed by atoms with Gasteiger partial charge in [0.1, 0.15) is 5.00 Å². The van der Waals surface area contributed by atoms with Gasteiger partial charge in [-0.1, -0.05) is 0 Å². The van der Waals surface area contributed by atoms with Crippen molar-refractivity contribution in [3.8, 4) is 5.75 Å². The topological polar surface area (TPSA) is 64.6 Å². The number of methoxy groups -OCH3 is 1. The molecular formula is C19H20FNO4S. The minimum atomic E-state index is -0.583. The highest BCUT2D eigenvalue weighted by atomic mass is 32.1. The summed E-state index contributed by atoms with van der Waals surface area (Å²) in [5.41, 5.74) is 1.81. The average Bonchev–Trinajstić information content (AvgIpc) is 3.20. The fraction of sp³-hybridized carbons (Fsp3) is 0.368. The van der Waals surface area contributed by atoms with Gasteiger partial charge < -0.3 is 14.8 Å². The minimum Gasteiger partial charge on any atom is -0.494 e. The van der Waals surface area contributed by atoms with Gasteiger partial charge >= 0.3 is 5.97 Å². The predicted molar refractivity (Wildman–Crippen MR) is 98.1 cm³/mol. The Morgan fingerprint density at radius 2 is 2.12 bits per heavy atom. The minimum absolute atomic E-state index is 0.0302. The molecule has 0 aliphatic heterocycles. The smallest absolute Gasteiger partial charge is 0.341 e. The molecule has 7 heteroatoms. The fourth-order valence-corrected chi connectivity index (χ4v) is 4.32. The van der Waals surface area contributed by atoms with Crippen LogP contribution in [0.3, 0.4) is 0 Å². The van der Waals surface area contributed by atoms with E-state index >= 15 is 0 Å². The van der Waals surface area contributed by atoms with Crippen LogP contribution in [-0.4, -0.2) is 32.0 Å². The Kier molecular flexibility index (Phi) is 5.56. The van der Waals surface area contributed by atoms with E-state index in [4.69, 9.17) is 9.47 Å². The monoisotopic (exact) mass is 377 g/mol. The molecule has 1 N–H and O–H groups in total. The largest absolute Gasteiger partial charge is 0.494 e. The van der Waals surface area contributed by atoms with Gasteiger partial charge in [-0.3, -0.25) is 4.79 Å². The number of ketones is 1. The Morgan fingerprint density at radius 1 is 1.31 bits per heavy atom. The zero-order valence-electron chi connectivity index (χ0n) is 14.7. The highest BCUT2D eigenvalue weighted by Crippen LogP contribution is 2.39. The summed E-state index contributed by atoms with van der Waals surface area (Å²) < 4.78 is 23.8. The van der Waals surface area contributed by atoms with E-state index < -0.39 is 5.82 Å². The number of hydrogen-bond acceptors (Lipinski definition) is 6. The number of benzene rings is 1. The van der Waals surface area contributed by atoms with Crippen LogP contribution in [0, 0.1) is 5.82 Å². The van der Waals surface area contributed by atoms with E-state index in [9.17, 15) is 14.0 Å². The maximum atomic E-state index is 13.8. The van der Waals surface area contributed by atoms with E-state index in [0.29, 0.717) is 17.2 Å². The van der Waals surface area contributed by atoms with Gasteiger partial charge in [0, 0.05) is 10.4 Å². The van der Waals surface area contributed by atoms with Gasteiger partial charge in [0.05, 0.1) is 25.8 Å². The molecule has 0 saturated carbocycles. The molecule has 0 radical (unpaired) electrons. The van der Waals surface area contributed by atoms with Crippen molar-refractivity contribution >= 4 is 28.1 Å². The summed E-state index contributed by atoms with van der Waals surface area (Å²) in [7, 11) is 1.37. The number of esters is 1. The number of carbonyl (C=O) groups is 2. The average molecular weight is 377 g/mol. The van der Waals surface area contributed by atoms with Gasteiger partial charge in [0.15, 0.2) is 17.3 Å². The number of hydrogen-bond donors (Lipinski definition) is 1. The molecule has 0 bridgehead atoms. The molecule has 0 amide bonds. The normalized spacial score (nSPS) is 12.6. The first-order chi connectivity index (χ1) is 12.5. The molecule has 3 rings (SSSR count). The summed E-state index contributed by atoms with van der Waals surface area (Å²) in [5, 5.41) is 3.69. The number of thiophene rings is 1. The lowest BCUT2D eigenvalue weighted by atomic mass is 10.1. The Morgan fingerprint density at radius 3 is 2.81 bits per heavy atom. The van der Waals surface area contributed by atoms with Crippen molar-refractivity contribution in [3.05, 3.63) is 45.6 Å². The van der Waals surface area contributed by atoms with E-state index in [1.165, 1.54) is 35.5 Å². The molecule has 26 heavy (non-hydrogen) atoms. The lowest BCUT2D eigenvalue weighted by molar-refractivity contribution is 0.0526. The molecule has 0 spiro atoms. The van der Waals surface area contributed by atoms with Crippen LogP contribution in [0.2, 0.25) is 0 Å². The summed E-state index contributed by atoms with van der Waals surface area (Å²) in [6, 6.07) is 4.10. The second-order valence-electron chi connectivity index (χ2n) is 5.91. The van der Waals surface area contributed by atoms with E-state index in [2.05, 4.69) is 5.32 Å². The summed E-state index contributed by atoms with van der Waals surface area (Å²) in [6.45, 7) is 2.03. The van der Waals surface area contributed by atoms with Gasteiger partial charge in [-0.15, -0.1) is 11.3 Å². The standard InChI is InChI=1S/C19H20FNO4S/c1-3-25-19(23)17-12-5-4-6-16(12)26-18(17)21-10-14(22)11-7-8-15(24-2)13(20)9-11/h7-9,21H,3-6,10H2,1-2H3. The van der Waals surface area contributed by atoms with Crippen LogP contribution in [0.15, 0.2) is 18.2 Å². The maximum Gasteiger partial charge on any atom is 0.341 e. The van der Waals surface area contributed by atoms with Gasteiger partial charge in [0.25, 0.3) is 0 Å². The number of halogens is 1. The van der Waals surface area contributed by atoms with E-state index in [1.807, 2.05) is 0 Å². The van der Waals surface area contributed by atoms with Crippen molar-refractivity contribution in [2.75, 3.05) is 25.6 Å². The van der Waals surface area contributed by atoms with Crippen molar-refractivity contribution in [1.82, 2.24) is 0 Å². The maximum absolute atomic E-state index is 13.8. The molecule has 1 heterocycles. The van der Waals surface area contributed by atoms with Crippen molar-refractivity contribution in [2.24, 2.45) is 0 Å². The van der Waals surface area contributed by atoms with E-state index in [0.717, 1.165) is 30.9 Å². The quantitative estimate of drug-likeness (QED) is 0.586. The van der Waals surface area contributed by atoms with Crippen LogP contribution in [0.1, 0.15) is 44.5 Å². The molecular weight excluding hydrogens is 357 g/mol. The Bertz CT molecular complexity index is 846. The molecule has 0 fully saturated rings. The third kappa shape index (κ3) is 3.58. The Hall–Kier alpha value is -2.41. The summed E-state index contributed by atoms with van der Waals surface area (Å²) in [4.78, 5) is 25.8. The third-order valence-corrected chi connectivity index (χ3v) is 5.53. The molecule has 5 nitrogen and oxygen atoms in total. The Labute approximate surface area is 155 Å². The lowest BCUT2D eigenvalue weighted by Crippen LogP contribution is -2.16. The number of aryl methyl sites for hydroxylation is 1. The Balaban J connectivity index is 1.76. The predicted octanol–water partition coefficient (Wildman–Crippen LogP) is 3.86. The van der Waals surface area contributed by atoms with Crippen LogP contribution >= 0.6 is 11.3 Å². The SMILES string of the molecule is CCOC(=O)c1c(NCC(=O)c2ccc(OC)c(F)c2)sc2c1CCC2. The molecule has 1 aromatic heterocycles. The molecule has 1 aliphatic carbocycles. The van der Waals surface area contributed by atoms with Gasteiger partial charge in [-0.2, -0.15) is 0 Å². The van der Waals surface area contributed by atoms with Gasteiger partial charge in [-0.05, 0) is 49.9 Å². The number of nitrogens with one attached hydrogen (secondary N) is 1. The van der Waals surface area contributed by atoms with Crippen LogP contribution in [0.5, 0.6) is 5.75 Å². The highest BCUT2D eigenvalue weighted by molar-refractivity contribution is 7.16. The fourth-order valence-electron chi connectivity index (χ4n) is 3.05. The molecule has 1 aromatic carbocycles. The highest BCUT2D eigenvalue weighted by Gasteiger charge is 2.27. The second kappa shape index (κ2) is 7.86. The van der Waals surface area contributed by atoms with Crippen molar-refractivity contribution in [3.63, 3.8) is 0 Å². The van der Waals surface area contributed by atoms with Crippen LogP contribution in [0.4, 0.5) is 9.39 Å². The molecule has 1 aliphatic rings. The number of Topliss-reactive ketones (excluding diaryl/α,β-unsaturated/α-hetero) is 1. The second-order valence-corrected chi connectivity index (χ2v) is 7.01. The number of ether oxygens (including phenoxy) is 2. The van der Waals surface area contributed by atoms with Gasteiger partial charge in [0.2, 0.25) is 0 Å². The third-order valence-electron chi connectivity index (χ3n) is 4.28. The summed E-state index contributed by atoms with van der Waals surface area (Å²) in [6.07, 6.45) is 2.81. The lowest BCUT2D eigenvalue weighted by Gasteiger charge is -2.09. The van der Waals surface area contributed by atoms with Gasteiger partial charge in [-0.25, -0.2) is 9.18 Å². The zero-order chi connectivity index (χ0) is 18.7. The van der Waals surface area contributed by atoms with E-state index in [-0.39, 0.29) is 29.6 Å².